The van der Waals surface area contributed by atoms with Crippen LogP contribution in [0.3, 0.4) is 0 Å². The van der Waals surface area contributed by atoms with Crippen molar-refractivity contribution in [1.29, 1.82) is 0 Å². The first-order valence-electron chi connectivity index (χ1n) is 20.7. The second kappa shape index (κ2) is 23.9. The Hall–Kier alpha value is -6.29. The Labute approximate surface area is 397 Å². The van der Waals surface area contributed by atoms with E-state index in [4.69, 9.17) is 51.6 Å². The number of Topliss-reactive ketones (excluding diaryl/α,β-unsaturated/α-hetero) is 3. The molecule has 0 aliphatic rings. The molecule has 6 aromatic rings. The van der Waals surface area contributed by atoms with Gasteiger partial charge in [-0.1, -0.05) is 47.5 Å². The molecule has 0 amide bonds. The molecule has 1 N–H and O–H groups in total. The zero-order valence-corrected chi connectivity index (χ0v) is 39.5. The summed E-state index contributed by atoms with van der Waals surface area (Å²) in [6.07, 6.45) is 0.211. The number of ether oxygens (including phenoxy) is 6. The van der Waals surface area contributed by atoms with Crippen molar-refractivity contribution in [1.82, 2.24) is 9.97 Å². The summed E-state index contributed by atoms with van der Waals surface area (Å²) < 4.78 is 58.8. The number of pyridine rings is 2. The maximum Gasteiger partial charge on any atom is 0.181 e. The predicted octanol–water partition coefficient (Wildman–Crippen LogP) is 11.1. The van der Waals surface area contributed by atoms with E-state index in [2.05, 4.69) is 9.97 Å². The highest BCUT2D eigenvalue weighted by Gasteiger charge is 2.28. The number of ketones is 3. The van der Waals surface area contributed by atoms with E-state index >= 15 is 0 Å². The van der Waals surface area contributed by atoms with Crippen molar-refractivity contribution in [3.63, 3.8) is 0 Å². The molecular formula is C51H50Cl2F2N2O10. The molecule has 0 saturated heterocycles. The van der Waals surface area contributed by atoms with E-state index < -0.39 is 17.2 Å². The van der Waals surface area contributed by atoms with Crippen LogP contribution < -0.4 is 18.9 Å². The summed E-state index contributed by atoms with van der Waals surface area (Å²) in [5, 5.41) is 11.0. The molecule has 1 atom stereocenters. The summed E-state index contributed by atoms with van der Waals surface area (Å²) in [5.41, 5.74) is 3.53. The van der Waals surface area contributed by atoms with E-state index in [9.17, 15) is 28.3 Å². The van der Waals surface area contributed by atoms with E-state index in [-0.39, 0.29) is 58.8 Å². The number of aromatic nitrogens is 2. The van der Waals surface area contributed by atoms with E-state index in [1.165, 1.54) is 70.9 Å². The minimum absolute atomic E-state index is 0.0109. The highest BCUT2D eigenvalue weighted by atomic mass is 35.5. The van der Waals surface area contributed by atoms with Gasteiger partial charge in [-0.3, -0.25) is 14.4 Å². The molecule has 0 radical (unpaired) electrons. The van der Waals surface area contributed by atoms with Crippen molar-refractivity contribution in [3.05, 3.63) is 152 Å². The van der Waals surface area contributed by atoms with Crippen molar-refractivity contribution >= 4 is 40.6 Å². The summed E-state index contributed by atoms with van der Waals surface area (Å²) in [4.78, 5) is 47.2. The Balaban J connectivity index is 0.000000251. The molecule has 2 aromatic heterocycles. The molecule has 0 aliphatic heterocycles. The van der Waals surface area contributed by atoms with Gasteiger partial charge in [0.15, 0.2) is 17.3 Å². The van der Waals surface area contributed by atoms with Crippen LogP contribution in [0.2, 0.25) is 10.0 Å². The van der Waals surface area contributed by atoms with Crippen molar-refractivity contribution < 1.29 is 56.7 Å². The lowest BCUT2D eigenvalue weighted by Crippen LogP contribution is -2.24. The lowest BCUT2D eigenvalue weighted by Gasteiger charge is -2.24. The van der Waals surface area contributed by atoms with Gasteiger partial charge in [0.2, 0.25) is 0 Å². The number of halogens is 4. The van der Waals surface area contributed by atoms with Crippen LogP contribution in [0.1, 0.15) is 80.6 Å². The zero-order valence-electron chi connectivity index (χ0n) is 38.0. The number of rotatable bonds is 20. The molecular weight excluding hydrogens is 909 g/mol. The Bertz CT molecular complexity index is 2730. The first-order valence-corrected chi connectivity index (χ1v) is 21.5. The van der Waals surface area contributed by atoms with Gasteiger partial charge in [-0.25, -0.2) is 18.7 Å². The molecule has 67 heavy (non-hydrogen) atoms. The van der Waals surface area contributed by atoms with Crippen LogP contribution in [0.15, 0.2) is 97.1 Å². The molecule has 0 bridgehead atoms. The summed E-state index contributed by atoms with van der Waals surface area (Å²) in [6, 6.07) is 25.1. The summed E-state index contributed by atoms with van der Waals surface area (Å²) >= 11 is 11.8. The van der Waals surface area contributed by atoms with Gasteiger partial charge in [0, 0.05) is 66.9 Å². The summed E-state index contributed by atoms with van der Waals surface area (Å²) in [5.74, 6) is 0.243. The maximum absolute atomic E-state index is 13.6. The highest BCUT2D eigenvalue weighted by Crippen LogP contribution is 2.36. The van der Waals surface area contributed by atoms with Crippen LogP contribution in [-0.2, 0) is 28.3 Å². The van der Waals surface area contributed by atoms with Gasteiger partial charge in [0.05, 0.1) is 57.4 Å². The molecule has 1 unspecified atom stereocenters. The van der Waals surface area contributed by atoms with Crippen LogP contribution in [0.5, 0.6) is 23.0 Å². The fraction of sp³-hybridized carbons (Fsp3) is 0.275. The third kappa shape index (κ3) is 13.2. The van der Waals surface area contributed by atoms with Crippen LogP contribution in [0.4, 0.5) is 8.78 Å². The second-order valence-electron chi connectivity index (χ2n) is 15.2. The molecule has 0 aliphatic carbocycles. The van der Waals surface area contributed by atoms with Gasteiger partial charge in [-0.2, -0.15) is 0 Å². The number of carbonyl (C=O) groups is 3. The Kier molecular flexibility index (Phi) is 18.5. The predicted molar refractivity (Wildman–Crippen MR) is 251 cm³/mol. The van der Waals surface area contributed by atoms with Gasteiger partial charge in [0.25, 0.3) is 0 Å². The van der Waals surface area contributed by atoms with Crippen molar-refractivity contribution in [2.45, 2.75) is 51.4 Å². The molecule has 12 nitrogen and oxygen atoms in total. The zero-order chi connectivity index (χ0) is 48.8. The average molecular weight is 960 g/mol. The van der Waals surface area contributed by atoms with Gasteiger partial charge >= 0.3 is 0 Å². The number of hydrogen-bond acceptors (Lipinski definition) is 12. The van der Waals surface area contributed by atoms with Crippen LogP contribution >= 0.6 is 23.2 Å². The molecule has 4 aromatic carbocycles. The van der Waals surface area contributed by atoms with E-state index in [0.29, 0.717) is 75.5 Å². The van der Waals surface area contributed by atoms with Crippen molar-refractivity contribution in [2.24, 2.45) is 0 Å². The van der Waals surface area contributed by atoms with Crippen LogP contribution in [-0.4, -0.2) is 75.1 Å². The Morgan fingerprint density at radius 2 is 1.00 bits per heavy atom. The highest BCUT2D eigenvalue weighted by molar-refractivity contribution is 6.31. The first kappa shape index (κ1) is 51.7. The summed E-state index contributed by atoms with van der Waals surface area (Å²) in [6.45, 7) is 2.33. The molecule has 0 fully saturated rings. The number of hydrogen-bond donors (Lipinski definition) is 1. The van der Waals surface area contributed by atoms with E-state index in [0.717, 1.165) is 11.1 Å². The fourth-order valence-corrected chi connectivity index (χ4v) is 7.25. The maximum atomic E-state index is 13.6. The molecule has 2 heterocycles. The Morgan fingerprint density at radius 3 is 1.46 bits per heavy atom. The third-order valence-corrected chi connectivity index (χ3v) is 11.2. The lowest BCUT2D eigenvalue weighted by molar-refractivity contribution is 0.0397. The van der Waals surface area contributed by atoms with Gasteiger partial charge in [-0.05, 0) is 86.1 Å². The number of methoxy groups -OCH3 is 6. The minimum atomic E-state index is -1.40. The largest absolute Gasteiger partial charge is 0.496 e. The smallest absolute Gasteiger partial charge is 0.181 e. The Morgan fingerprint density at radius 1 is 0.552 bits per heavy atom. The number of carbonyl (C=O) groups excluding carboxylic acids is 3. The molecule has 352 valence electrons. The average Bonchev–Trinajstić information content (AvgIpc) is 3.34. The second-order valence-corrected chi connectivity index (χ2v) is 16.0. The normalized spacial score (nSPS) is 11.8. The molecule has 16 heteroatoms. The third-order valence-electron chi connectivity index (χ3n) is 10.6. The molecule has 6 rings (SSSR count). The fourth-order valence-electron chi connectivity index (χ4n) is 6.89. The lowest BCUT2D eigenvalue weighted by atomic mass is 9.92. The van der Waals surface area contributed by atoms with Crippen LogP contribution in [0, 0.1) is 11.6 Å². The summed E-state index contributed by atoms with van der Waals surface area (Å²) in [7, 11) is 9.19. The van der Waals surface area contributed by atoms with Crippen molar-refractivity contribution in [3.8, 4) is 45.5 Å². The van der Waals surface area contributed by atoms with Crippen LogP contribution in [0.25, 0.3) is 22.5 Å². The van der Waals surface area contributed by atoms with E-state index in [1.54, 1.807) is 75.7 Å². The topological polar surface area (TPSA) is 153 Å². The monoisotopic (exact) mass is 958 g/mol. The minimum Gasteiger partial charge on any atom is -0.496 e. The number of benzene rings is 4. The van der Waals surface area contributed by atoms with Gasteiger partial charge in [-0.15, -0.1) is 0 Å². The number of nitrogens with zero attached hydrogens (tertiary/aromatic N) is 2. The molecule has 0 spiro atoms. The standard InChI is InChI=1S/C26H27ClFNO5.C25H23ClFNO5/c1-26(31,12-11-21(30)16-5-6-18(15-32-2)23(14-16)34-4)24-10-9-22(33-3)25(29-24)17-7-8-20(28)19(27)13-17;1-31-14-17-5-4-15(13-24(17)33-3)21(29)9-10-22(30)20-8-11-23(32-2)25(28-20)16-6-7-19(27)18(26)12-16/h5-10,13-14,31H,11-12,15H2,1-4H3;4-8,11-13H,9-10,14H2,1-3H3. The quantitative estimate of drug-likeness (QED) is 0.0725. The SMILES string of the molecule is COCc1ccc(C(=O)CCC(=O)c2ccc(OC)c(-c3ccc(F)c(Cl)c3)n2)cc1OC.COCc1ccc(C(=O)CCC(C)(O)c2ccc(OC)c(-c3ccc(F)c(Cl)c3)n2)cc1OC. The van der Waals surface area contributed by atoms with Gasteiger partial charge < -0.3 is 33.5 Å². The van der Waals surface area contributed by atoms with Crippen molar-refractivity contribution in [2.75, 3.05) is 42.7 Å². The first-order chi connectivity index (χ1) is 32.1. The molecule has 0 saturated carbocycles. The van der Waals surface area contributed by atoms with Gasteiger partial charge in [0.1, 0.15) is 57.3 Å². The number of aliphatic hydroxyl groups is 1. The van der Waals surface area contributed by atoms with E-state index in [1.807, 2.05) is 0 Å².